The van der Waals surface area contributed by atoms with Crippen LogP contribution in [-0.2, 0) is 9.53 Å². The summed E-state index contributed by atoms with van der Waals surface area (Å²) in [6.45, 7) is 3.43. The Morgan fingerprint density at radius 3 is 2.50 bits per heavy atom. The van der Waals surface area contributed by atoms with Crippen molar-refractivity contribution in [2.75, 3.05) is 39.9 Å². The van der Waals surface area contributed by atoms with Crippen molar-refractivity contribution in [3.05, 3.63) is 35.9 Å². The summed E-state index contributed by atoms with van der Waals surface area (Å²) >= 11 is 0. The molecule has 1 fully saturated rings. The Labute approximate surface area is 168 Å². The smallest absolute Gasteiger partial charge is 0.239 e. The van der Waals surface area contributed by atoms with Crippen molar-refractivity contribution in [3.63, 3.8) is 0 Å². The van der Waals surface area contributed by atoms with Gasteiger partial charge in [-0.05, 0) is 37.4 Å². The molecule has 6 nitrogen and oxygen atoms in total. The second-order valence-electron chi connectivity index (χ2n) is 6.48. The summed E-state index contributed by atoms with van der Waals surface area (Å²) < 4.78 is 4.89. The number of methoxy groups -OCH3 is 1. The third kappa shape index (κ3) is 8.20. The molecule has 0 radical (unpaired) electrons. The molecule has 2 unspecified atom stereocenters. The second-order valence-corrected chi connectivity index (χ2v) is 6.48. The summed E-state index contributed by atoms with van der Waals surface area (Å²) in [5, 5.41) is 13.2. The Kier molecular flexibility index (Phi) is 12.8. The molecule has 1 saturated heterocycles. The highest BCUT2D eigenvalue weighted by Gasteiger charge is 2.22. The minimum atomic E-state index is -0.601. The fourth-order valence-electron chi connectivity index (χ4n) is 3.03. The monoisotopic (exact) mass is 407 g/mol. The fourth-order valence-corrected chi connectivity index (χ4v) is 3.03. The van der Waals surface area contributed by atoms with Crippen LogP contribution in [0.4, 0.5) is 0 Å². The Hall–Kier alpha value is -0.890. The van der Waals surface area contributed by atoms with Crippen molar-refractivity contribution in [2.24, 2.45) is 11.7 Å². The Morgan fingerprint density at radius 1 is 1.31 bits per heavy atom. The SMILES string of the molecule is COCC(N)C(=O)NCC1CCN(CC(O)c2ccccc2)CC1.Cl.Cl. The number of carbonyl (C=O) groups excluding carboxylic acids is 1. The molecule has 1 aliphatic heterocycles. The van der Waals surface area contributed by atoms with E-state index in [9.17, 15) is 9.90 Å². The zero-order valence-corrected chi connectivity index (χ0v) is 16.8. The molecule has 150 valence electrons. The molecule has 2 atom stereocenters. The second kappa shape index (κ2) is 13.3. The van der Waals surface area contributed by atoms with Gasteiger partial charge in [-0.1, -0.05) is 30.3 Å². The lowest BCUT2D eigenvalue weighted by Crippen LogP contribution is -2.46. The maximum atomic E-state index is 11.8. The van der Waals surface area contributed by atoms with E-state index >= 15 is 0 Å². The number of aliphatic hydroxyl groups is 1. The number of ether oxygens (including phenoxy) is 1. The van der Waals surface area contributed by atoms with Crippen molar-refractivity contribution < 1.29 is 14.6 Å². The normalized spacial score (nSPS) is 17.5. The summed E-state index contributed by atoms with van der Waals surface area (Å²) in [5.41, 5.74) is 6.66. The number of halogens is 2. The van der Waals surface area contributed by atoms with Crippen LogP contribution in [0.3, 0.4) is 0 Å². The molecule has 1 heterocycles. The van der Waals surface area contributed by atoms with Crippen LogP contribution in [-0.4, -0.2) is 61.9 Å². The molecule has 1 aliphatic rings. The van der Waals surface area contributed by atoms with Gasteiger partial charge in [-0.25, -0.2) is 0 Å². The first-order valence-electron chi connectivity index (χ1n) is 8.57. The van der Waals surface area contributed by atoms with Gasteiger partial charge in [0, 0.05) is 20.2 Å². The average molecular weight is 408 g/mol. The molecule has 0 aromatic heterocycles. The van der Waals surface area contributed by atoms with Gasteiger partial charge in [0.2, 0.25) is 5.91 Å². The minimum absolute atomic E-state index is 0. The van der Waals surface area contributed by atoms with Gasteiger partial charge in [0.15, 0.2) is 0 Å². The number of likely N-dealkylation sites (tertiary alicyclic amines) is 1. The van der Waals surface area contributed by atoms with Gasteiger partial charge in [-0.2, -0.15) is 0 Å². The number of aliphatic hydroxyl groups excluding tert-OH is 1. The molecule has 4 N–H and O–H groups in total. The number of amides is 1. The molecular formula is C18H31Cl2N3O3. The molecule has 26 heavy (non-hydrogen) atoms. The molecule has 0 saturated carbocycles. The lowest BCUT2D eigenvalue weighted by molar-refractivity contribution is -0.123. The Bertz CT molecular complexity index is 500. The van der Waals surface area contributed by atoms with Crippen molar-refractivity contribution in [2.45, 2.75) is 25.0 Å². The summed E-state index contributed by atoms with van der Waals surface area (Å²) in [6, 6.07) is 9.15. The van der Waals surface area contributed by atoms with E-state index in [1.807, 2.05) is 30.3 Å². The van der Waals surface area contributed by atoms with Crippen molar-refractivity contribution in [1.29, 1.82) is 0 Å². The number of carbonyl (C=O) groups is 1. The molecule has 0 spiro atoms. The van der Waals surface area contributed by atoms with Gasteiger partial charge in [-0.15, -0.1) is 24.8 Å². The van der Waals surface area contributed by atoms with Crippen LogP contribution in [0, 0.1) is 5.92 Å². The molecule has 1 amide bonds. The van der Waals surface area contributed by atoms with Crippen LogP contribution >= 0.6 is 24.8 Å². The van der Waals surface area contributed by atoms with Crippen LogP contribution in [0.25, 0.3) is 0 Å². The Balaban J connectivity index is 0.00000312. The minimum Gasteiger partial charge on any atom is -0.387 e. The molecule has 1 aromatic carbocycles. The predicted molar refractivity (Wildman–Crippen MR) is 108 cm³/mol. The number of piperidine rings is 1. The van der Waals surface area contributed by atoms with E-state index in [0.717, 1.165) is 31.5 Å². The number of nitrogens with two attached hydrogens (primary N) is 1. The number of hydrogen-bond donors (Lipinski definition) is 3. The predicted octanol–water partition coefficient (Wildman–Crippen LogP) is 1.37. The van der Waals surface area contributed by atoms with Gasteiger partial charge in [0.1, 0.15) is 6.04 Å². The first-order chi connectivity index (χ1) is 11.6. The average Bonchev–Trinajstić information content (AvgIpc) is 2.61. The van der Waals surface area contributed by atoms with E-state index in [-0.39, 0.29) is 37.3 Å². The number of β-amino-alcohol motifs (C(OH)–C–C–N with tert-alkyl or cyclic N) is 1. The van der Waals surface area contributed by atoms with Crippen molar-refractivity contribution in [3.8, 4) is 0 Å². The highest BCUT2D eigenvalue weighted by Crippen LogP contribution is 2.20. The van der Waals surface area contributed by atoms with E-state index in [1.54, 1.807) is 0 Å². The summed E-state index contributed by atoms with van der Waals surface area (Å²) in [5.74, 6) is 0.313. The van der Waals surface area contributed by atoms with Crippen LogP contribution in [0.5, 0.6) is 0 Å². The van der Waals surface area contributed by atoms with Gasteiger partial charge < -0.3 is 25.8 Å². The first-order valence-corrected chi connectivity index (χ1v) is 8.57. The lowest BCUT2D eigenvalue weighted by atomic mass is 9.96. The number of rotatable bonds is 8. The van der Waals surface area contributed by atoms with Crippen LogP contribution < -0.4 is 11.1 Å². The van der Waals surface area contributed by atoms with Crippen LogP contribution in [0.2, 0.25) is 0 Å². The number of hydrogen-bond acceptors (Lipinski definition) is 5. The summed E-state index contributed by atoms with van der Waals surface area (Å²) in [4.78, 5) is 14.1. The molecule has 8 heteroatoms. The summed E-state index contributed by atoms with van der Waals surface area (Å²) in [6.07, 6.45) is 1.58. The zero-order valence-electron chi connectivity index (χ0n) is 15.2. The summed E-state index contributed by atoms with van der Waals surface area (Å²) in [7, 11) is 1.53. The fraction of sp³-hybridized carbons (Fsp3) is 0.611. The maximum absolute atomic E-state index is 11.8. The Morgan fingerprint density at radius 2 is 1.92 bits per heavy atom. The van der Waals surface area contributed by atoms with Gasteiger partial charge in [-0.3, -0.25) is 4.79 Å². The zero-order chi connectivity index (χ0) is 17.4. The third-order valence-electron chi connectivity index (χ3n) is 4.57. The molecular weight excluding hydrogens is 377 g/mol. The first kappa shape index (κ1) is 25.1. The molecule has 0 aliphatic carbocycles. The molecule has 2 rings (SSSR count). The highest BCUT2D eigenvalue weighted by atomic mass is 35.5. The van der Waals surface area contributed by atoms with E-state index in [1.165, 1.54) is 7.11 Å². The maximum Gasteiger partial charge on any atom is 0.239 e. The van der Waals surface area contributed by atoms with Crippen molar-refractivity contribution in [1.82, 2.24) is 10.2 Å². The van der Waals surface area contributed by atoms with E-state index in [2.05, 4.69) is 10.2 Å². The topological polar surface area (TPSA) is 87.8 Å². The number of benzene rings is 1. The molecule has 0 bridgehead atoms. The van der Waals surface area contributed by atoms with Crippen LogP contribution in [0.15, 0.2) is 30.3 Å². The lowest BCUT2D eigenvalue weighted by Gasteiger charge is -2.33. The third-order valence-corrected chi connectivity index (χ3v) is 4.57. The standard InChI is InChI=1S/C18H29N3O3.2ClH/c1-24-13-16(19)18(23)20-11-14-7-9-21(10-8-14)12-17(22)15-5-3-2-4-6-15;;/h2-6,14,16-17,22H,7-13,19H2,1H3,(H,20,23);2*1H. The number of nitrogens with one attached hydrogen (secondary N) is 1. The largest absolute Gasteiger partial charge is 0.387 e. The van der Waals surface area contributed by atoms with Gasteiger partial charge in [0.25, 0.3) is 0 Å². The van der Waals surface area contributed by atoms with Gasteiger partial charge >= 0.3 is 0 Å². The molecule has 1 aromatic rings. The number of nitrogens with zero attached hydrogens (tertiary/aromatic N) is 1. The van der Waals surface area contributed by atoms with Crippen LogP contribution in [0.1, 0.15) is 24.5 Å². The quantitative estimate of drug-likeness (QED) is 0.605. The van der Waals surface area contributed by atoms with E-state index < -0.39 is 12.1 Å². The van der Waals surface area contributed by atoms with Crippen molar-refractivity contribution >= 4 is 30.7 Å². The van der Waals surface area contributed by atoms with Gasteiger partial charge in [0.05, 0.1) is 12.7 Å². The van der Waals surface area contributed by atoms with E-state index in [4.69, 9.17) is 10.5 Å². The highest BCUT2D eigenvalue weighted by molar-refractivity contribution is 5.85. The van der Waals surface area contributed by atoms with E-state index in [0.29, 0.717) is 19.0 Å².